The number of aromatic nitrogens is 3. The number of hydrazone groups is 1. The lowest BCUT2D eigenvalue weighted by atomic mass is 10.2. The zero-order valence-electron chi connectivity index (χ0n) is 13.9. The average molecular weight is 360 g/mol. The second-order valence-electron chi connectivity index (χ2n) is 5.26. The van der Waals surface area contributed by atoms with Crippen LogP contribution in [0.3, 0.4) is 0 Å². The molecule has 2 aromatic heterocycles. The van der Waals surface area contributed by atoms with Crippen molar-refractivity contribution in [3.8, 4) is 0 Å². The van der Waals surface area contributed by atoms with Gasteiger partial charge in [-0.3, -0.25) is 14.6 Å². The monoisotopic (exact) mass is 360 g/mol. The molecule has 0 fully saturated rings. The highest BCUT2D eigenvalue weighted by molar-refractivity contribution is 7.15. The van der Waals surface area contributed by atoms with Gasteiger partial charge < -0.3 is 5.32 Å². The van der Waals surface area contributed by atoms with E-state index in [1.165, 1.54) is 17.6 Å². The van der Waals surface area contributed by atoms with E-state index in [1.54, 1.807) is 24.5 Å². The smallest absolute Gasteiger partial charge is 0.247 e. The van der Waals surface area contributed by atoms with E-state index in [1.807, 2.05) is 0 Å². The molecular formula is C16H20N6O2S. The van der Waals surface area contributed by atoms with Gasteiger partial charge in [0.25, 0.3) is 0 Å². The van der Waals surface area contributed by atoms with E-state index < -0.39 is 0 Å². The van der Waals surface area contributed by atoms with Crippen LogP contribution in [0.4, 0.5) is 5.13 Å². The van der Waals surface area contributed by atoms with Crippen LogP contribution < -0.4 is 10.7 Å². The van der Waals surface area contributed by atoms with Crippen LogP contribution >= 0.6 is 11.3 Å². The number of hydrogen-bond donors (Lipinski definition) is 2. The molecule has 132 valence electrons. The number of nitrogens with zero attached hydrogens (tertiary/aromatic N) is 4. The van der Waals surface area contributed by atoms with Crippen molar-refractivity contribution in [2.45, 2.75) is 39.0 Å². The maximum atomic E-state index is 11.8. The molecule has 2 N–H and O–H groups in total. The van der Waals surface area contributed by atoms with Crippen molar-refractivity contribution < 1.29 is 9.59 Å². The van der Waals surface area contributed by atoms with Crippen molar-refractivity contribution in [3.05, 3.63) is 35.1 Å². The van der Waals surface area contributed by atoms with E-state index in [9.17, 15) is 9.59 Å². The number of hydrogen-bond acceptors (Lipinski definition) is 7. The fraction of sp³-hybridized carbons (Fsp3) is 0.375. The average Bonchev–Trinajstić information content (AvgIpc) is 3.02. The van der Waals surface area contributed by atoms with Crippen LogP contribution in [0.1, 0.15) is 43.2 Å². The van der Waals surface area contributed by atoms with Crippen LogP contribution in [0.5, 0.6) is 0 Å². The molecule has 2 amide bonds. The summed E-state index contributed by atoms with van der Waals surface area (Å²) < 4.78 is 0. The number of carbonyl (C=O) groups excluding carboxylic acids is 2. The standard InChI is InChI=1S/C16H20N6O2S/c1-2-3-4-5-13(23)19-16-22-21-15(25-16)10-14(24)20-18-11-12-6-8-17-9-7-12/h6-9,11H,2-5,10H2,1H3,(H,20,24)(H,19,22,23)/b18-11-. The van der Waals surface area contributed by atoms with Crippen LogP contribution in [0.25, 0.3) is 0 Å². The van der Waals surface area contributed by atoms with Crippen LogP contribution in [0.15, 0.2) is 29.6 Å². The van der Waals surface area contributed by atoms with Crippen LogP contribution in [0.2, 0.25) is 0 Å². The summed E-state index contributed by atoms with van der Waals surface area (Å²) in [4.78, 5) is 27.4. The summed E-state index contributed by atoms with van der Waals surface area (Å²) >= 11 is 1.18. The molecule has 25 heavy (non-hydrogen) atoms. The van der Waals surface area contributed by atoms with Gasteiger partial charge in [-0.05, 0) is 24.1 Å². The second kappa shape index (κ2) is 10.2. The highest BCUT2D eigenvalue weighted by Gasteiger charge is 2.11. The Hall–Kier alpha value is -2.68. The molecule has 0 aliphatic heterocycles. The minimum atomic E-state index is -0.303. The third-order valence-corrected chi connectivity index (χ3v) is 3.98. The lowest BCUT2D eigenvalue weighted by Gasteiger charge is -1.99. The lowest BCUT2D eigenvalue weighted by molar-refractivity contribution is -0.120. The maximum Gasteiger partial charge on any atom is 0.247 e. The summed E-state index contributed by atoms with van der Waals surface area (Å²) in [5, 5.41) is 15.3. The van der Waals surface area contributed by atoms with Crippen LogP contribution in [-0.4, -0.2) is 33.2 Å². The Kier molecular flexibility index (Phi) is 7.64. The van der Waals surface area contributed by atoms with Gasteiger partial charge in [-0.15, -0.1) is 10.2 Å². The summed E-state index contributed by atoms with van der Waals surface area (Å²) in [6.07, 6.45) is 8.27. The SMILES string of the molecule is CCCCCC(=O)Nc1nnc(CC(=O)N/N=C\c2ccncc2)s1. The lowest BCUT2D eigenvalue weighted by Crippen LogP contribution is -2.19. The molecule has 2 rings (SSSR count). The highest BCUT2D eigenvalue weighted by atomic mass is 32.1. The number of rotatable bonds is 9. The van der Waals surface area contributed by atoms with E-state index in [0.717, 1.165) is 24.8 Å². The molecule has 0 radical (unpaired) electrons. The van der Waals surface area contributed by atoms with Gasteiger partial charge in [0.05, 0.1) is 12.6 Å². The molecule has 2 heterocycles. The predicted octanol–water partition coefficient (Wildman–Crippen LogP) is 2.14. The van der Waals surface area contributed by atoms with Gasteiger partial charge in [0.2, 0.25) is 16.9 Å². The minimum Gasteiger partial charge on any atom is -0.301 e. The summed E-state index contributed by atoms with van der Waals surface area (Å²) in [5.41, 5.74) is 3.26. The summed E-state index contributed by atoms with van der Waals surface area (Å²) in [5.74, 6) is -0.384. The first kappa shape index (κ1) is 18.7. The molecule has 0 saturated carbocycles. The second-order valence-corrected chi connectivity index (χ2v) is 6.32. The zero-order chi connectivity index (χ0) is 17.9. The number of carbonyl (C=O) groups is 2. The molecule has 0 bridgehead atoms. The zero-order valence-corrected chi connectivity index (χ0v) is 14.8. The van der Waals surface area contributed by atoms with Gasteiger partial charge in [-0.1, -0.05) is 31.1 Å². The van der Waals surface area contributed by atoms with E-state index in [0.29, 0.717) is 16.6 Å². The van der Waals surface area contributed by atoms with E-state index in [2.05, 4.69) is 37.9 Å². The molecule has 8 nitrogen and oxygen atoms in total. The van der Waals surface area contributed by atoms with Gasteiger partial charge in [0, 0.05) is 18.8 Å². The molecule has 2 aromatic rings. The first-order valence-corrected chi connectivity index (χ1v) is 8.83. The van der Waals surface area contributed by atoms with Crippen LogP contribution in [0, 0.1) is 0 Å². The van der Waals surface area contributed by atoms with Crippen molar-refractivity contribution in [2.24, 2.45) is 5.10 Å². The largest absolute Gasteiger partial charge is 0.301 e. The minimum absolute atomic E-state index is 0.0526. The van der Waals surface area contributed by atoms with Crippen molar-refractivity contribution in [3.63, 3.8) is 0 Å². The number of unbranched alkanes of at least 4 members (excludes halogenated alkanes) is 2. The van der Waals surface area contributed by atoms with Crippen LogP contribution in [-0.2, 0) is 16.0 Å². The number of anilines is 1. The fourth-order valence-corrected chi connectivity index (χ4v) is 2.65. The van der Waals surface area contributed by atoms with Gasteiger partial charge >= 0.3 is 0 Å². The van der Waals surface area contributed by atoms with E-state index in [-0.39, 0.29) is 18.2 Å². The Bertz CT molecular complexity index is 716. The Morgan fingerprint density at radius 2 is 2.00 bits per heavy atom. The Labute approximate surface area is 149 Å². The van der Waals surface area contributed by atoms with Gasteiger partial charge in [0.1, 0.15) is 5.01 Å². The summed E-state index contributed by atoms with van der Waals surface area (Å²) in [6, 6.07) is 3.55. The summed E-state index contributed by atoms with van der Waals surface area (Å²) in [6.45, 7) is 2.08. The van der Waals surface area contributed by atoms with Gasteiger partial charge in [-0.2, -0.15) is 5.10 Å². The molecule has 0 aliphatic carbocycles. The number of nitrogens with one attached hydrogen (secondary N) is 2. The first-order valence-electron chi connectivity index (χ1n) is 8.01. The van der Waals surface area contributed by atoms with Crippen molar-refractivity contribution in [2.75, 3.05) is 5.32 Å². The predicted molar refractivity (Wildman–Crippen MR) is 96.4 cm³/mol. The van der Waals surface area contributed by atoms with Gasteiger partial charge in [0.15, 0.2) is 0 Å². The molecule has 0 spiro atoms. The molecule has 9 heteroatoms. The number of pyridine rings is 1. The maximum absolute atomic E-state index is 11.8. The Balaban J connectivity index is 1.75. The number of amides is 2. The highest BCUT2D eigenvalue weighted by Crippen LogP contribution is 2.16. The van der Waals surface area contributed by atoms with Gasteiger partial charge in [-0.25, -0.2) is 5.43 Å². The summed E-state index contributed by atoms with van der Waals surface area (Å²) in [7, 11) is 0. The van der Waals surface area contributed by atoms with E-state index >= 15 is 0 Å². The fourth-order valence-electron chi connectivity index (χ4n) is 1.90. The first-order chi connectivity index (χ1) is 12.2. The van der Waals surface area contributed by atoms with E-state index in [4.69, 9.17) is 0 Å². The Morgan fingerprint density at radius 1 is 1.20 bits per heavy atom. The third-order valence-electron chi connectivity index (χ3n) is 3.14. The third kappa shape index (κ3) is 7.17. The molecule has 0 aromatic carbocycles. The molecule has 0 unspecified atom stereocenters. The topological polar surface area (TPSA) is 109 Å². The molecule has 0 atom stereocenters. The molecule has 0 saturated heterocycles. The molecular weight excluding hydrogens is 340 g/mol. The van der Waals surface area contributed by atoms with Crippen molar-refractivity contribution in [1.82, 2.24) is 20.6 Å². The normalized spacial score (nSPS) is 10.8. The van der Waals surface area contributed by atoms with Crippen molar-refractivity contribution in [1.29, 1.82) is 0 Å². The van der Waals surface area contributed by atoms with Crippen molar-refractivity contribution >= 4 is 34.5 Å². The molecule has 0 aliphatic rings. The quantitative estimate of drug-likeness (QED) is 0.404. The Morgan fingerprint density at radius 3 is 2.76 bits per heavy atom.